The van der Waals surface area contributed by atoms with Gasteiger partial charge in [0, 0.05) is 29.3 Å². The van der Waals surface area contributed by atoms with E-state index in [0.29, 0.717) is 11.0 Å². The lowest BCUT2D eigenvalue weighted by Crippen LogP contribution is -2.63. The lowest BCUT2D eigenvalue weighted by atomic mass is 9.70. The first-order valence-corrected chi connectivity index (χ1v) is 12.6. The Labute approximate surface area is 236 Å². The summed E-state index contributed by atoms with van der Waals surface area (Å²) in [5.41, 5.74) is -1.65. The molecule has 0 saturated carbocycles. The van der Waals surface area contributed by atoms with Crippen molar-refractivity contribution in [3.63, 3.8) is 0 Å². The van der Waals surface area contributed by atoms with Crippen molar-refractivity contribution < 1.29 is 54.8 Å². The Morgan fingerprint density at radius 2 is 1.48 bits per heavy atom. The number of aliphatic hydroxyl groups is 5. The highest BCUT2D eigenvalue weighted by atomic mass is 16.6. The number of phenolic OH excluding ortho intramolecular Hbond substituents is 3. The Bertz CT molecular complexity index is 1730. The van der Waals surface area contributed by atoms with Gasteiger partial charge in [-0.1, -0.05) is 24.3 Å². The Balaban J connectivity index is 0.000000267. The Kier molecular flexibility index (Phi) is 7.05. The molecule has 12 heteroatoms. The molecule has 2 heterocycles. The lowest BCUT2D eigenvalue weighted by Gasteiger charge is -2.50. The standard InChI is InChI=1S/C21H20O10.C9H6O2/c22-11-3-1-10(2-4-11)21(13-6-5-12(23)7-14(13)24)18(26)17(25)16-15(31-21)8-19(27,28)9-20(16,29)30;10-8-5-6-11-9-4-2-1-3-7(8)9/h1-8,16,18,22-24,26-30H,9H2;1-6H. The molecular formula is C30H26O12. The number of hydrogen-bond donors (Lipinski definition) is 8. The zero-order valence-electron chi connectivity index (χ0n) is 21.7. The molecule has 6 rings (SSSR count). The van der Waals surface area contributed by atoms with Crippen molar-refractivity contribution in [2.24, 2.45) is 5.92 Å². The fourth-order valence-electron chi connectivity index (χ4n) is 5.28. The first-order chi connectivity index (χ1) is 19.7. The molecule has 0 bridgehead atoms. The van der Waals surface area contributed by atoms with Gasteiger partial charge in [0.05, 0.1) is 18.1 Å². The number of aliphatic hydroxyl groups excluding tert-OH is 1. The molecule has 0 amide bonds. The van der Waals surface area contributed by atoms with Crippen LogP contribution < -0.4 is 5.43 Å². The number of Topliss-reactive ketones (excluding diaryl/α,β-unsaturated/α-hetero) is 1. The van der Waals surface area contributed by atoms with E-state index in [0.717, 1.165) is 12.1 Å². The van der Waals surface area contributed by atoms with Gasteiger partial charge in [-0.05, 0) is 36.4 Å². The highest BCUT2D eigenvalue weighted by Gasteiger charge is 2.63. The fourth-order valence-corrected chi connectivity index (χ4v) is 5.28. The number of aromatic hydroxyl groups is 3. The molecule has 3 aromatic carbocycles. The molecule has 8 N–H and O–H groups in total. The predicted molar refractivity (Wildman–Crippen MR) is 144 cm³/mol. The molecule has 3 unspecified atom stereocenters. The van der Waals surface area contributed by atoms with E-state index in [2.05, 4.69) is 0 Å². The van der Waals surface area contributed by atoms with E-state index in [1.807, 2.05) is 12.1 Å². The first-order valence-electron chi connectivity index (χ1n) is 12.6. The monoisotopic (exact) mass is 578 g/mol. The summed E-state index contributed by atoms with van der Waals surface area (Å²) in [6.45, 7) is 0. The summed E-state index contributed by atoms with van der Waals surface area (Å²) >= 11 is 0. The van der Waals surface area contributed by atoms with Gasteiger partial charge in [0.1, 0.15) is 34.5 Å². The Morgan fingerprint density at radius 1 is 0.810 bits per heavy atom. The molecule has 218 valence electrons. The van der Waals surface area contributed by atoms with Gasteiger partial charge in [0.2, 0.25) is 0 Å². The normalized spacial score (nSPS) is 24.0. The second kappa shape index (κ2) is 10.3. The van der Waals surface area contributed by atoms with Crippen molar-refractivity contribution in [1.82, 2.24) is 0 Å². The van der Waals surface area contributed by atoms with Crippen molar-refractivity contribution in [3.8, 4) is 17.2 Å². The van der Waals surface area contributed by atoms with Crippen LogP contribution in [0, 0.1) is 5.92 Å². The largest absolute Gasteiger partial charge is 0.508 e. The number of ether oxygens (including phenoxy) is 1. The lowest BCUT2D eigenvalue weighted by molar-refractivity contribution is -0.278. The molecule has 3 atom stereocenters. The summed E-state index contributed by atoms with van der Waals surface area (Å²) < 4.78 is 11.0. The molecule has 1 saturated heterocycles. The summed E-state index contributed by atoms with van der Waals surface area (Å²) in [6, 6.07) is 17.0. The van der Waals surface area contributed by atoms with Gasteiger partial charge in [0.15, 0.2) is 34.5 Å². The molecule has 1 aliphatic heterocycles. The number of ketones is 1. The maximum absolute atomic E-state index is 13.2. The van der Waals surface area contributed by atoms with E-state index in [1.54, 1.807) is 12.1 Å². The SMILES string of the molecule is O=C1C2C(=CC(O)(O)CC2(O)O)OC(c2ccc(O)cc2)(c2ccc(O)cc2O)C1O.O=c1ccoc2ccccc12. The van der Waals surface area contributed by atoms with Crippen molar-refractivity contribution in [1.29, 1.82) is 0 Å². The third kappa shape index (κ3) is 4.98. The maximum Gasteiger partial charge on any atom is 0.195 e. The second-order valence-corrected chi connectivity index (χ2v) is 10.1. The number of phenols is 3. The fraction of sp³-hybridized carbons (Fsp3) is 0.200. The molecule has 0 radical (unpaired) electrons. The molecule has 0 spiro atoms. The van der Waals surface area contributed by atoms with Crippen LogP contribution in [0.4, 0.5) is 0 Å². The first kappa shape index (κ1) is 28.8. The molecule has 2 aliphatic rings. The smallest absolute Gasteiger partial charge is 0.195 e. The topological polar surface area (TPSA) is 218 Å². The second-order valence-electron chi connectivity index (χ2n) is 10.1. The summed E-state index contributed by atoms with van der Waals surface area (Å²) in [7, 11) is 0. The van der Waals surface area contributed by atoms with Crippen LogP contribution in [-0.4, -0.2) is 64.3 Å². The molecule has 1 aromatic heterocycles. The van der Waals surface area contributed by atoms with Crippen molar-refractivity contribution in [2.75, 3.05) is 0 Å². The van der Waals surface area contributed by atoms with Crippen LogP contribution in [-0.2, 0) is 15.1 Å². The quantitative estimate of drug-likeness (QED) is 0.157. The molecule has 4 aromatic rings. The average molecular weight is 579 g/mol. The van der Waals surface area contributed by atoms with Gasteiger partial charge in [0.25, 0.3) is 0 Å². The zero-order chi connectivity index (χ0) is 30.4. The van der Waals surface area contributed by atoms with Crippen molar-refractivity contribution in [3.05, 3.63) is 112 Å². The number of hydrogen-bond acceptors (Lipinski definition) is 12. The summed E-state index contributed by atoms with van der Waals surface area (Å²) in [4.78, 5) is 24.3. The summed E-state index contributed by atoms with van der Waals surface area (Å²) in [6.07, 6.45) is -1.01. The van der Waals surface area contributed by atoms with Gasteiger partial charge in [-0.25, -0.2) is 0 Å². The van der Waals surface area contributed by atoms with Crippen LogP contribution >= 0.6 is 0 Å². The minimum Gasteiger partial charge on any atom is -0.508 e. The van der Waals surface area contributed by atoms with Crippen LogP contribution in [0.1, 0.15) is 17.5 Å². The van der Waals surface area contributed by atoms with Crippen LogP contribution in [0.15, 0.2) is 100 Å². The number of carbonyl (C=O) groups excluding carboxylic acids is 1. The van der Waals surface area contributed by atoms with Crippen LogP contribution in [0.2, 0.25) is 0 Å². The number of fused-ring (bicyclic) bond motifs is 2. The van der Waals surface area contributed by atoms with E-state index >= 15 is 0 Å². The number of benzene rings is 3. The van der Waals surface area contributed by atoms with Crippen LogP contribution in [0.3, 0.4) is 0 Å². The molecular weight excluding hydrogens is 552 g/mol. The Morgan fingerprint density at radius 3 is 2.14 bits per heavy atom. The van der Waals surface area contributed by atoms with Gasteiger partial charge in [-0.2, -0.15) is 0 Å². The summed E-state index contributed by atoms with van der Waals surface area (Å²) in [5, 5.41) is 82.2. The molecule has 1 fully saturated rings. The third-order valence-electron chi connectivity index (χ3n) is 7.10. The van der Waals surface area contributed by atoms with Gasteiger partial charge >= 0.3 is 0 Å². The Hall–Kier alpha value is -4.72. The van der Waals surface area contributed by atoms with Gasteiger partial charge in [-0.3, -0.25) is 9.59 Å². The van der Waals surface area contributed by atoms with Gasteiger partial charge in [-0.15, -0.1) is 0 Å². The number of rotatable bonds is 2. The number of carbonyl (C=O) groups is 1. The van der Waals surface area contributed by atoms with Crippen LogP contribution in [0.5, 0.6) is 17.2 Å². The summed E-state index contributed by atoms with van der Waals surface area (Å²) in [5.74, 6) is -10.2. The molecule has 42 heavy (non-hydrogen) atoms. The number of para-hydroxylation sites is 1. The van der Waals surface area contributed by atoms with Crippen molar-refractivity contribution >= 4 is 16.8 Å². The third-order valence-corrected chi connectivity index (χ3v) is 7.10. The minimum absolute atomic E-state index is 0.00634. The molecule has 12 nitrogen and oxygen atoms in total. The van der Waals surface area contributed by atoms with E-state index < -0.39 is 52.9 Å². The van der Waals surface area contributed by atoms with E-state index in [9.17, 15) is 50.4 Å². The van der Waals surface area contributed by atoms with Crippen LogP contribution in [0.25, 0.3) is 11.0 Å². The molecule has 1 aliphatic carbocycles. The maximum atomic E-state index is 13.2. The van der Waals surface area contributed by atoms with Gasteiger partial charge < -0.3 is 50.0 Å². The highest BCUT2D eigenvalue weighted by molar-refractivity contribution is 5.92. The zero-order valence-corrected chi connectivity index (χ0v) is 21.7. The highest BCUT2D eigenvalue weighted by Crippen LogP contribution is 2.52. The van der Waals surface area contributed by atoms with Crippen molar-refractivity contribution in [2.45, 2.75) is 29.7 Å². The van der Waals surface area contributed by atoms with E-state index in [1.165, 1.54) is 48.7 Å². The average Bonchev–Trinajstić information content (AvgIpc) is 2.91. The van der Waals surface area contributed by atoms with E-state index in [4.69, 9.17) is 9.15 Å². The minimum atomic E-state index is -2.94. The van der Waals surface area contributed by atoms with E-state index in [-0.39, 0.29) is 28.1 Å². The predicted octanol–water partition coefficient (Wildman–Crippen LogP) is 1.07.